The number of ether oxygens (including phenoxy) is 1. The molecule has 1 aliphatic rings. The molecule has 0 saturated heterocycles. The summed E-state index contributed by atoms with van der Waals surface area (Å²) in [6, 6.07) is 4.09. The van der Waals surface area contributed by atoms with Crippen LogP contribution in [0.5, 0.6) is 5.75 Å². The maximum absolute atomic E-state index is 12.2. The second-order valence-electron chi connectivity index (χ2n) is 4.92. The van der Waals surface area contributed by atoms with Crippen LogP contribution in [-0.2, 0) is 10.2 Å². The fourth-order valence-corrected chi connectivity index (χ4v) is 2.31. The van der Waals surface area contributed by atoms with Crippen LogP contribution < -0.4 is 15.6 Å². The number of methoxy groups -OCH3 is 1. The number of hydrazine groups is 1. The molecule has 0 radical (unpaired) electrons. The first-order chi connectivity index (χ1) is 8.55. The molecule has 0 spiro atoms. The molecule has 18 heavy (non-hydrogen) atoms. The van der Waals surface area contributed by atoms with Crippen LogP contribution in [0.15, 0.2) is 12.1 Å². The summed E-state index contributed by atoms with van der Waals surface area (Å²) in [5, 5.41) is 0. The van der Waals surface area contributed by atoms with Gasteiger partial charge in [-0.05, 0) is 43.9 Å². The van der Waals surface area contributed by atoms with Gasteiger partial charge in [0, 0.05) is 12.6 Å². The first kappa shape index (κ1) is 12.9. The van der Waals surface area contributed by atoms with E-state index in [1.807, 2.05) is 6.07 Å². The van der Waals surface area contributed by atoms with E-state index in [2.05, 4.69) is 30.8 Å². The molecule has 0 unspecified atom stereocenters. The number of carbonyl (C=O) groups excluding carboxylic acids is 1. The normalized spacial score (nSPS) is 16.2. The van der Waals surface area contributed by atoms with Gasteiger partial charge in [-0.25, -0.2) is 5.43 Å². The first-order valence-electron chi connectivity index (χ1n) is 6.18. The number of amides is 1. The average molecular weight is 248 g/mol. The maximum atomic E-state index is 12.2. The van der Waals surface area contributed by atoms with Gasteiger partial charge in [-0.15, -0.1) is 0 Å². The van der Waals surface area contributed by atoms with E-state index in [-0.39, 0.29) is 5.91 Å². The van der Waals surface area contributed by atoms with Gasteiger partial charge in [0.05, 0.1) is 12.5 Å². The lowest BCUT2D eigenvalue weighted by Gasteiger charge is -2.19. The quantitative estimate of drug-likeness (QED) is 0.796. The summed E-state index contributed by atoms with van der Waals surface area (Å²) in [5.41, 5.74) is 8.36. The third kappa shape index (κ3) is 1.97. The third-order valence-electron chi connectivity index (χ3n) is 3.75. The van der Waals surface area contributed by atoms with Crippen LogP contribution in [0, 0.1) is 13.8 Å². The highest BCUT2D eigenvalue weighted by Gasteiger charge is 2.53. The van der Waals surface area contributed by atoms with Crippen LogP contribution in [0.3, 0.4) is 0 Å². The molecule has 1 saturated carbocycles. The highest BCUT2D eigenvalue weighted by Crippen LogP contribution is 2.51. The van der Waals surface area contributed by atoms with Crippen molar-refractivity contribution in [2.75, 3.05) is 14.2 Å². The molecule has 0 aliphatic heterocycles. The zero-order chi connectivity index (χ0) is 13.3. The Hall–Kier alpha value is -1.55. The van der Waals surface area contributed by atoms with Gasteiger partial charge < -0.3 is 4.74 Å². The Balaban J connectivity index is 2.44. The van der Waals surface area contributed by atoms with E-state index in [9.17, 15) is 4.79 Å². The standard InChI is InChI=1S/C14H20N2O2/c1-9-7-11(12(18-4)8-10(9)2)14(5-6-14)13(17)16-15-3/h7-8,15H,5-6H2,1-4H3,(H,16,17). The number of nitrogens with one attached hydrogen (secondary N) is 2. The lowest BCUT2D eigenvalue weighted by Crippen LogP contribution is -2.41. The van der Waals surface area contributed by atoms with Crippen molar-refractivity contribution in [3.05, 3.63) is 28.8 Å². The Morgan fingerprint density at radius 3 is 2.39 bits per heavy atom. The molecular weight excluding hydrogens is 228 g/mol. The Morgan fingerprint density at radius 1 is 1.28 bits per heavy atom. The smallest absolute Gasteiger partial charge is 0.244 e. The monoisotopic (exact) mass is 248 g/mol. The number of carbonyl (C=O) groups is 1. The van der Waals surface area contributed by atoms with Crippen LogP contribution >= 0.6 is 0 Å². The van der Waals surface area contributed by atoms with Crippen molar-refractivity contribution >= 4 is 5.91 Å². The topological polar surface area (TPSA) is 50.4 Å². The van der Waals surface area contributed by atoms with Crippen molar-refractivity contribution < 1.29 is 9.53 Å². The van der Waals surface area contributed by atoms with Crippen molar-refractivity contribution in [3.8, 4) is 5.75 Å². The molecule has 98 valence electrons. The predicted molar refractivity (Wildman–Crippen MR) is 70.6 cm³/mol. The highest BCUT2D eigenvalue weighted by atomic mass is 16.5. The van der Waals surface area contributed by atoms with Gasteiger partial charge in [-0.1, -0.05) is 6.07 Å². The largest absolute Gasteiger partial charge is 0.496 e. The van der Waals surface area contributed by atoms with E-state index in [1.54, 1.807) is 14.2 Å². The number of aryl methyl sites for hydroxylation is 2. The van der Waals surface area contributed by atoms with Crippen LogP contribution in [0.2, 0.25) is 0 Å². The van der Waals surface area contributed by atoms with E-state index in [1.165, 1.54) is 11.1 Å². The summed E-state index contributed by atoms with van der Waals surface area (Å²) in [4.78, 5) is 12.2. The Bertz CT molecular complexity index is 479. The summed E-state index contributed by atoms with van der Waals surface area (Å²) >= 11 is 0. The molecule has 4 nitrogen and oxygen atoms in total. The SMILES string of the molecule is CNNC(=O)C1(c2cc(C)c(C)cc2OC)CC1. The lowest BCUT2D eigenvalue weighted by atomic mass is 9.91. The molecule has 2 rings (SSSR count). The van der Waals surface area contributed by atoms with Crippen molar-refractivity contribution in [3.63, 3.8) is 0 Å². The second-order valence-corrected chi connectivity index (χ2v) is 4.92. The maximum Gasteiger partial charge on any atom is 0.244 e. The van der Waals surface area contributed by atoms with Gasteiger partial charge in [-0.3, -0.25) is 10.2 Å². The number of rotatable bonds is 4. The van der Waals surface area contributed by atoms with Crippen LogP contribution in [-0.4, -0.2) is 20.1 Å². The minimum atomic E-state index is -0.410. The summed E-state index contributed by atoms with van der Waals surface area (Å²) < 4.78 is 5.44. The van der Waals surface area contributed by atoms with E-state index in [0.29, 0.717) is 0 Å². The van der Waals surface area contributed by atoms with Crippen molar-refractivity contribution in [2.45, 2.75) is 32.1 Å². The highest BCUT2D eigenvalue weighted by molar-refractivity contribution is 5.91. The average Bonchev–Trinajstić information content (AvgIpc) is 3.13. The minimum absolute atomic E-state index is 0.0200. The Morgan fingerprint density at radius 2 is 1.89 bits per heavy atom. The molecule has 2 N–H and O–H groups in total. The molecule has 1 aromatic rings. The van der Waals surface area contributed by atoms with Gasteiger partial charge in [0.15, 0.2) is 0 Å². The molecule has 0 aromatic heterocycles. The van der Waals surface area contributed by atoms with E-state index >= 15 is 0 Å². The van der Waals surface area contributed by atoms with E-state index in [4.69, 9.17) is 4.74 Å². The molecule has 1 fully saturated rings. The number of hydrogen-bond acceptors (Lipinski definition) is 3. The zero-order valence-corrected chi connectivity index (χ0v) is 11.4. The molecular formula is C14H20N2O2. The molecule has 1 aliphatic carbocycles. The molecule has 0 heterocycles. The summed E-state index contributed by atoms with van der Waals surface area (Å²) in [6.45, 7) is 4.11. The van der Waals surface area contributed by atoms with E-state index < -0.39 is 5.41 Å². The fraction of sp³-hybridized carbons (Fsp3) is 0.500. The fourth-order valence-electron chi connectivity index (χ4n) is 2.31. The van der Waals surface area contributed by atoms with Crippen molar-refractivity contribution in [1.82, 2.24) is 10.9 Å². The Kier molecular flexibility index (Phi) is 3.30. The van der Waals surface area contributed by atoms with Crippen LogP contribution in [0.25, 0.3) is 0 Å². The molecule has 1 amide bonds. The van der Waals surface area contributed by atoms with Gasteiger partial charge in [0.25, 0.3) is 0 Å². The number of hydrogen-bond donors (Lipinski definition) is 2. The minimum Gasteiger partial charge on any atom is -0.496 e. The van der Waals surface area contributed by atoms with Crippen LogP contribution in [0.4, 0.5) is 0 Å². The van der Waals surface area contributed by atoms with Crippen LogP contribution in [0.1, 0.15) is 29.5 Å². The lowest BCUT2D eigenvalue weighted by molar-refractivity contribution is -0.124. The Labute approximate surface area is 108 Å². The molecule has 1 aromatic carbocycles. The summed E-state index contributed by atoms with van der Waals surface area (Å²) in [6.07, 6.45) is 1.75. The molecule has 0 atom stereocenters. The van der Waals surface area contributed by atoms with E-state index in [0.717, 1.165) is 24.2 Å². The van der Waals surface area contributed by atoms with Gasteiger partial charge in [0.1, 0.15) is 5.75 Å². The summed E-state index contributed by atoms with van der Waals surface area (Å²) in [7, 11) is 3.35. The predicted octanol–water partition coefficient (Wildman–Crippen LogP) is 1.59. The van der Waals surface area contributed by atoms with Crippen molar-refractivity contribution in [1.29, 1.82) is 0 Å². The third-order valence-corrected chi connectivity index (χ3v) is 3.75. The second kappa shape index (κ2) is 4.61. The van der Waals surface area contributed by atoms with Gasteiger partial charge in [0.2, 0.25) is 5.91 Å². The zero-order valence-electron chi connectivity index (χ0n) is 11.4. The van der Waals surface area contributed by atoms with Gasteiger partial charge in [-0.2, -0.15) is 0 Å². The first-order valence-corrected chi connectivity index (χ1v) is 6.18. The van der Waals surface area contributed by atoms with Crippen molar-refractivity contribution in [2.24, 2.45) is 0 Å². The molecule has 4 heteroatoms. The van der Waals surface area contributed by atoms with Gasteiger partial charge >= 0.3 is 0 Å². The molecule has 0 bridgehead atoms. The number of benzene rings is 1. The summed E-state index contributed by atoms with van der Waals surface area (Å²) in [5.74, 6) is 0.827.